The van der Waals surface area contributed by atoms with E-state index in [0.29, 0.717) is 6.42 Å². The molecular formula is C19H27N3O4S. The van der Waals surface area contributed by atoms with E-state index in [1.54, 1.807) is 10.7 Å². The van der Waals surface area contributed by atoms with Crippen LogP contribution in [0.3, 0.4) is 0 Å². The normalized spacial score (nSPS) is 29.9. The molecule has 1 N–H and O–H groups in total. The molecule has 1 saturated carbocycles. The summed E-state index contributed by atoms with van der Waals surface area (Å²) >= 11 is 0. The van der Waals surface area contributed by atoms with Crippen molar-refractivity contribution in [2.75, 3.05) is 11.5 Å². The molecule has 4 rings (SSSR count). The minimum absolute atomic E-state index is 0.0145. The van der Waals surface area contributed by atoms with Gasteiger partial charge in [-0.15, -0.1) is 0 Å². The highest BCUT2D eigenvalue weighted by molar-refractivity contribution is 7.91. The fourth-order valence-electron chi connectivity index (χ4n) is 4.62. The number of carbonyl (C=O) groups is 1. The van der Waals surface area contributed by atoms with Crippen LogP contribution in [0.25, 0.3) is 0 Å². The number of hydrogen-bond donors (Lipinski definition) is 1. The summed E-state index contributed by atoms with van der Waals surface area (Å²) in [5, 5.41) is 7.68. The predicted octanol–water partition coefficient (Wildman–Crippen LogP) is 1.16. The van der Waals surface area contributed by atoms with Gasteiger partial charge in [-0.1, -0.05) is 0 Å². The van der Waals surface area contributed by atoms with Crippen molar-refractivity contribution in [1.82, 2.24) is 15.1 Å². The predicted molar refractivity (Wildman–Crippen MR) is 101 cm³/mol. The number of rotatable bonds is 3. The molecule has 2 aliphatic carbocycles. The lowest BCUT2D eigenvalue weighted by Crippen LogP contribution is -2.42. The topological polar surface area (TPSA) is 98.1 Å². The zero-order valence-corrected chi connectivity index (χ0v) is 16.3. The van der Waals surface area contributed by atoms with Crippen LogP contribution in [0, 0.1) is 5.92 Å². The first-order valence-corrected chi connectivity index (χ1v) is 11.9. The van der Waals surface area contributed by atoms with Crippen molar-refractivity contribution in [3.8, 4) is 0 Å². The third kappa shape index (κ3) is 4.10. The Labute approximate surface area is 159 Å². The fraction of sp³-hybridized carbons (Fsp3) is 0.737. The summed E-state index contributed by atoms with van der Waals surface area (Å²) in [4.78, 5) is 24.8. The number of carbonyl (C=O) groups excluding carboxylic acids is 1. The quantitative estimate of drug-likeness (QED) is 0.831. The maximum atomic E-state index is 12.5. The molecule has 1 aliphatic heterocycles. The van der Waals surface area contributed by atoms with Gasteiger partial charge in [-0.2, -0.15) is 5.10 Å². The molecule has 1 aromatic rings. The van der Waals surface area contributed by atoms with Crippen LogP contribution < -0.4 is 10.9 Å². The van der Waals surface area contributed by atoms with Crippen LogP contribution in [-0.2, 0) is 27.5 Å². The van der Waals surface area contributed by atoms with Gasteiger partial charge in [0.05, 0.1) is 29.2 Å². The van der Waals surface area contributed by atoms with Gasteiger partial charge in [0, 0.05) is 12.1 Å². The Kier molecular flexibility index (Phi) is 5.09. The molecule has 7 nitrogen and oxygen atoms in total. The van der Waals surface area contributed by atoms with Crippen molar-refractivity contribution in [2.24, 2.45) is 5.92 Å². The molecule has 1 atom stereocenters. The molecule has 0 spiro atoms. The van der Waals surface area contributed by atoms with Crippen LogP contribution in [-0.4, -0.2) is 41.7 Å². The van der Waals surface area contributed by atoms with Crippen molar-refractivity contribution in [3.63, 3.8) is 0 Å². The average molecular weight is 394 g/mol. The minimum atomic E-state index is -3.05. The van der Waals surface area contributed by atoms with Crippen LogP contribution in [0.5, 0.6) is 0 Å². The van der Waals surface area contributed by atoms with Crippen LogP contribution in [0.15, 0.2) is 10.9 Å². The first kappa shape index (κ1) is 18.7. The second-order valence-electron chi connectivity index (χ2n) is 8.22. The Bertz CT molecular complexity index is 885. The number of nitrogens with one attached hydrogen (secondary N) is 1. The van der Waals surface area contributed by atoms with Crippen LogP contribution in [0.4, 0.5) is 0 Å². The van der Waals surface area contributed by atoms with E-state index in [-0.39, 0.29) is 35.1 Å². The van der Waals surface area contributed by atoms with Gasteiger partial charge >= 0.3 is 0 Å². The first-order valence-electron chi connectivity index (χ1n) is 10.0. The number of hydrogen-bond acceptors (Lipinski definition) is 5. The van der Waals surface area contributed by atoms with Gasteiger partial charge in [-0.25, -0.2) is 13.1 Å². The largest absolute Gasteiger partial charge is 0.353 e. The molecule has 0 radical (unpaired) electrons. The summed E-state index contributed by atoms with van der Waals surface area (Å²) in [6, 6.07) is 1.91. The van der Waals surface area contributed by atoms with E-state index in [9.17, 15) is 18.0 Å². The minimum Gasteiger partial charge on any atom is -0.353 e. The first-order chi connectivity index (χ1) is 12.9. The monoisotopic (exact) mass is 393 g/mol. The second-order valence-corrected chi connectivity index (χ2v) is 10.4. The van der Waals surface area contributed by atoms with Gasteiger partial charge in [-0.3, -0.25) is 9.59 Å². The molecular weight excluding hydrogens is 366 g/mol. The number of aromatic nitrogens is 2. The summed E-state index contributed by atoms with van der Waals surface area (Å²) < 4.78 is 24.8. The number of fused-ring (bicyclic) bond motifs is 1. The number of nitrogens with zero attached hydrogens (tertiary/aromatic N) is 2. The summed E-state index contributed by atoms with van der Waals surface area (Å²) in [6.45, 7) is 0. The number of amides is 1. The fourth-order valence-corrected chi connectivity index (χ4v) is 6.37. The molecule has 0 aromatic carbocycles. The lowest BCUT2D eigenvalue weighted by molar-refractivity contribution is -0.125. The van der Waals surface area contributed by atoms with Gasteiger partial charge in [0.1, 0.15) is 0 Å². The van der Waals surface area contributed by atoms with Gasteiger partial charge in [0.25, 0.3) is 5.56 Å². The van der Waals surface area contributed by atoms with E-state index in [1.807, 2.05) is 0 Å². The maximum absolute atomic E-state index is 12.5. The zero-order valence-electron chi connectivity index (χ0n) is 15.5. The van der Waals surface area contributed by atoms with Crippen LogP contribution >= 0.6 is 0 Å². The lowest BCUT2D eigenvalue weighted by Gasteiger charge is -2.30. The van der Waals surface area contributed by atoms with E-state index >= 15 is 0 Å². The molecule has 0 bridgehead atoms. The standard InChI is InChI=1S/C19H27N3O4S/c23-18-11-13-3-1-2-4-17(13)21-22(18)16-7-5-15(6-8-16)20-19(24)14-9-10-27(25,26)12-14/h11,14-16H,1-10,12H2,(H,20,24). The van der Waals surface area contributed by atoms with Gasteiger partial charge in [0.15, 0.2) is 9.84 Å². The van der Waals surface area contributed by atoms with Crippen molar-refractivity contribution in [1.29, 1.82) is 0 Å². The molecule has 1 amide bonds. The third-order valence-corrected chi connectivity index (χ3v) is 7.99. The van der Waals surface area contributed by atoms with Crippen molar-refractivity contribution in [3.05, 3.63) is 27.7 Å². The summed E-state index contributed by atoms with van der Waals surface area (Å²) in [5.41, 5.74) is 2.16. The average Bonchev–Trinajstić information content (AvgIpc) is 3.02. The van der Waals surface area contributed by atoms with E-state index in [0.717, 1.165) is 62.6 Å². The number of aryl methyl sites for hydroxylation is 2. The lowest BCUT2D eigenvalue weighted by atomic mass is 9.90. The van der Waals surface area contributed by atoms with E-state index in [4.69, 9.17) is 0 Å². The van der Waals surface area contributed by atoms with Gasteiger partial charge in [-0.05, 0) is 63.4 Å². The third-order valence-electron chi connectivity index (χ3n) is 6.22. The van der Waals surface area contributed by atoms with Crippen LogP contribution in [0.2, 0.25) is 0 Å². The molecule has 27 heavy (non-hydrogen) atoms. The van der Waals surface area contributed by atoms with Crippen molar-refractivity contribution in [2.45, 2.75) is 69.9 Å². The second kappa shape index (κ2) is 7.37. The molecule has 1 aromatic heterocycles. The summed E-state index contributed by atoms with van der Waals surface area (Å²) in [7, 11) is -3.05. The Morgan fingerprint density at radius 1 is 1.11 bits per heavy atom. The van der Waals surface area contributed by atoms with Crippen molar-refractivity contribution < 1.29 is 13.2 Å². The molecule has 2 heterocycles. The summed E-state index contributed by atoms with van der Waals surface area (Å²) in [5.74, 6) is -0.450. The Balaban J connectivity index is 1.35. The van der Waals surface area contributed by atoms with Crippen molar-refractivity contribution >= 4 is 15.7 Å². The van der Waals surface area contributed by atoms with E-state index in [1.165, 1.54) is 0 Å². The molecule has 1 saturated heterocycles. The SMILES string of the molecule is O=C(NC1CCC(n2nc3c(cc2=O)CCCC3)CC1)C1CCS(=O)(=O)C1. The molecule has 3 aliphatic rings. The number of sulfone groups is 1. The Hall–Kier alpha value is -1.70. The van der Waals surface area contributed by atoms with E-state index in [2.05, 4.69) is 10.4 Å². The summed E-state index contributed by atoms with van der Waals surface area (Å²) in [6.07, 6.45) is 7.79. The Morgan fingerprint density at radius 3 is 2.56 bits per heavy atom. The Morgan fingerprint density at radius 2 is 1.85 bits per heavy atom. The molecule has 148 valence electrons. The van der Waals surface area contributed by atoms with Crippen LogP contribution in [0.1, 0.15) is 62.2 Å². The smallest absolute Gasteiger partial charge is 0.267 e. The zero-order chi connectivity index (χ0) is 19.0. The van der Waals surface area contributed by atoms with Gasteiger partial charge < -0.3 is 5.32 Å². The maximum Gasteiger partial charge on any atom is 0.267 e. The van der Waals surface area contributed by atoms with E-state index < -0.39 is 15.8 Å². The molecule has 2 fully saturated rings. The molecule has 1 unspecified atom stereocenters. The highest BCUT2D eigenvalue weighted by Gasteiger charge is 2.34. The highest BCUT2D eigenvalue weighted by Crippen LogP contribution is 2.28. The van der Waals surface area contributed by atoms with Gasteiger partial charge in [0.2, 0.25) is 5.91 Å². The highest BCUT2D eigenvalue weighted by atomic mass is 32.2. The molecule has 8 heteroatoms.